The largest absolute Gasteiger partial charge is 0.262 e. The SMILES string of the molecule is C=CN=C(C)c1ccccc1. The lowest BCUT2D eigenvalue weighted by atomic mass is 10.1. The Morgan fingerprint density at radius 2 is 2.00 bits per heavy atom. The molecule has 0 aliphatic carbocycles. The summed E-state index contributed by atoms with van der Waals surface area (Å²) in [7, 11) is 0. The van der Waals surface area contributed by atoms with E-state index in [1.165, 1.54) is 0 Å². The van der Waals surface area contributed by atoms with Crippen LogP contribution in [0.15, 0.2) is 48.1 Å². The molecule has 0 atom stereocenters. The van der Waals surface area contributed by atoms with Gasteiger partial charge in [-0.3, -0.25) is 4.99 Å². The van der Waals surface area contributed by atoms with Crippen molar-refractivity contribution in [1.82, 2.24) is 0 Å². The molecule has 0 aliphatic heterocycles. The Kier molecular flexibility index (Phi) is 2.61. The van der Waals surface area contributed by atoms with Crippen LogP contribution in [0.5, 0.6) is 0 Å². The molecule has 0 fully saturated rings. The molecule has 0 N–H and O–H groups in total. The molecule has 1 aromatic carbocycles. The van der Waals surface area contributed by atoms with E-state index in [9.17, 15) is 0 Å². The van der Waals surface area contributed by atoms with Gasteiger partial charge in [-0.2, -0.15) is 0 Å². The summed E-state index contributed by atoms with van der Waals surface area (Å²) in [4.78, 5) is 4.08. The molecule has 0 saturated carbocycles. The zero-order chi connectivity index (χ0) is 8.10. The van der Waals surface area contributed by atoms with Gasteiger partial charge in [0.05, 0.1) is 0 Å². The molecule has 1 aromatic rings. The lowest BCUT2D eigenvalue weighted by Crippen LogP contribution is -1.91. The predicted molar refractivity (Wildman–Crippen MR) is 48.9 cm³/mol. The second kappa shape index (κ2) is 3.71. The minimum Gasteiger partial charge on any atom is -0.262 e. The van der Waals surface area contributed by atoms with Crippen LogP contribution in [0.25, 0.3) is 0 Å². The van der Waals surface area contributed by atoms with E-state index < -0.39 is 0 Å². The van der Waals surface area contributed by atoms with Crippen molar-refractivity contribution in [2.45, 2.75) is 6.92 Å². The molecule has 0 spiro atoms. The highest BCUT2D eigenvalue weighted by Crippen LogP contribution is 2.00. The van der Waals surface area contributed by atoms with Crippen molar-refractivity contribution in [1.29, 1.82) is 0 Å². The average molecular weight is 145 g/mol. The van der Waals surface area contributed by atoms with Gasteiger partial charge >= 0.3 is 0 Å². The van der Waals surface area contributed by atoms with Crippen LogP contribution < -0.4 is 0 Å². The zero-order valence-corrected chi connectivity index (χ0v) is 6.62. The van der Waals surface area contributed by atoms with E-state index in [4.69, 9.17) is 0 Å². The second-order valence-electron chi connectivity index (χ2n) is 2.26. The van der Waals surface area contributed by atoms with Gasteiger partial charge in [-0.25, -0.2) is 0 Å². The maximum absolute atomic E-state index is 4.08. The van der Waals surface area contributed by atoms with E-state index in [0.717, 1.165) is 11.3 Å². The molecular formula is C10H11N. The smallest absolute Gasteiger partial charge is 0.0444 e. The highest BCUT2D eigenvalue weighted by molar-refractivity contribution is 5.98. The predicted octanol–water partition coefficient (Wildman–Crippen LogP) is 2.64. The number of aliphatic imine (C=N–C) groups is 1. The van der Waals surface area contributed by atoms with E-state index in [1.807, 2.05) is 37.3 Å². The lowest BCUT2D eigenvalue weighted by Gasteiger charge is -1.96. The molecule has 56 valence electrons. The lowest BCUT2D eigenvalue weighted by molar-refractivity contribution is 1.51. The van der Waals surface area contributed by atoms with Gasteiger partial charge in [0, 0.05) is 11.9 Å². The molecule has 1 rings (SSSR count). The molecule has 0 aliphatic rings. The maximum atomic E-state index is 4.08. The van der Waals surface area contributed by atoms with Gasteiger partial charge in [0.2, 0.25) is 0 Å². The Labute approximate surface area is 67.1 Å². The minimum atomic E-state index is 1.00. The van der Waals surface area contributed by atoms with Gasteiger partial charge < -0.3 is 0 Å². The molecule has 0 bridgehead atoms. The van der Waals surface area contributed by atoms with Crippen molar-refractivity contribution in [3.05, 3.63) is 48.7 Å². The normalized spacial score (nSPS) is 11.2. The van der Waals surface area contributed by atoms with Gasteiger partial charge in [0.25, 0.3) is 0 Å². The summed E-state index contributed by atoms with van der Waals surface area (Å²) >= 11 is 0. The average Bonchev–Trinajstić information content (AvgIpc) is 2.07. The number of benzene rings is 1. The van der Waals surface area contributed by atoms with Crippen LogP contribution in [-0.2, 0) is 0 Å². The Morgan fingerprint density at radius 3 is 2.55 bits per heavy atom. The Bertz CT molecular complexity index is 259. The van der Waals surface area contributed by atoms with Crippen molar-refractivity contribution in [3.63, 3.8) is 0 Å². The van der Waals surface area contributed by atoms with Crippen LogP contribution in [0, 0.1) is 0 Å². The van der Waals surface area contributed by atoms with Crippen molar-refractivity contribution < 1.29 is 0 Å². The number of nitrogens with zero attached hydrogens (tertiary/aromatic N) is 1. The van der Waals surface area contributed by atoms with Gasteiger partial charge in [-0.1, -0.05) is 36.9 Å². The molecule has 0 amide bonds. The van der Waals surface area contributed by atoms with Crippen LogP contribution in [0.4, 0.5) is 0 Å². The van der Waals surface area contributed by atoms with Crippen LogP contribution in [0.1, 0.15) is 12.5 Å². The zero-order valence-electron chi connectivity index (χ0n) is 6.62. The van der Waals surface area contributed by atoms with Gasteiger partial charge in [0.15, 0.2) is 0 Å². The number of hydrogen-bond acceptors (Lipinski definition) is 1. The van der Waals surface area contributed by atoms with Gasteiger partial charge in [0.1, 0.15) is 0 Å². The standard InChI is InChI=1S/C10H11N/c1-3-11-9(2)10-7-5-4-6-8-10/h3-8H,1H2,2H3. The first-order chi connectivity index (χ1) is 5.34. The summed E-state index contributed by atoms with van der Waals surface area (Å²) in [6.45, 7) is 5.51. The van der Waals surface area contributed by atoms with E-state index in [0.29, 0.717) is 0 Å². The molecule has 0 heterocycles. The topological polar surface area (TPSA) is 12.4 Å². The maximum Gasteiger partial charge on any atom is 0.0444 e. The Balaban J connectivity index is 2.94. The van der Waals surface area contributed by atoms with E-state index >= 15 is 0 Å². The quantitative estimate of drug-likeness (QED) is 0.567. The molecule has 1 heteroatoms. The summed E-state index contributed by atoms with van der Waals surface area (Å²) in [6.07, 6.45) is 1.56. The fraction of sp³-hybridized carbons (Fsp3) is 0.100. The molecule has 11 heavy (non-hydrogen) atoms. The summed E-state index contributed by atoms with van der Waals surface area (Å²) in [6, 6.07) is 10.0. The fourth-order valence-electron chi connectivity index (χ4n) is 0.891. The minimum absolute atomic E-state index is 1.00. The third-order valence-corrected chi connectivity index (χ3v) is 1.48. The highest BCUT2D eigenvalue weighted by atomic mass is 14.7. The monoisotopic (exact) mass is 145 g/mol. The first-order valence-electron chi connectivity index (χ1n) is 3.55. The molecular weight excluding hydrogens is 134 g/mol. The van der Waals surface area contributed by atoms with Gasteiger partial charge in [-0.15, -0.1) is 0 Å². The summed E-state index contributed by atoms with van der Waals surface area (Å²) in [5.41, 5.74) is 2.15. The van der Waals surface area contributed by atoms with Crippen molar-refractivity contribution in [3.8, 4) is 0 Å². The van der Waals surface area contributed by atoms with E-state index in [2.05, 4.69) is 11.6 Å². The highest BCUT2D eigenvalue weighted by Gasteiger charge is 1.91. The first-order valence-corrected chi connectivity index (χ1v) is 3.55. The van der Waals surface area contributed by atoms with Crippen molar-refractivity contribution >= 4 is 5.71 Å². The molecule has 1 nitrogen and oxygen atoms in total. The Hall–Kier alpha value is -1.37. The summed E-state index contributed by atoms with van der Waals surface area (Å²) in [5.74, 6) is 0. The number of rotatable bonds is 2. The van der Waals surface area contributed by atoms with Crippen molar-refractivity contribution in [2.75, 3.05) is 0 Å². The third-order valence-electron chi connectivity index (χ3n) is 1.48. The van der Waals surface area contributed by atoms with Crippen LogP contribution in [0.3, 0.4) is 0 Å². The van der Waals surface area contributed by atoms with Gasteiger partial charge in [-0.05, 0) is 12.5 Å². The molecule has 0 radical (unpaired) electrons. The Morgan fingerprint density at radius 1 is 1.36 bits per heavy atom. The van der Waals surface area contributed by atoms with E-state index in [1.54, 1.807) is 6.20 Å². The molecule has 0 saturated heterocycles. The summed E-state index contributed by atoms with van der Waals surface area (Å²) in [5, 5.41) is 0. The summed E-state index contributed by atoms with van der Waals surface area (Å²) < 4.78 is 0. The molecule has 0 aromatic heterocycles. The first kappa shape index (κ1) is 7.73. The molecule has 0 unspecified atom stereocenters. The number of hydrogen-bond donors (Lipinski definition) is 0. The third kappa shape index (κ3) is 2.04. The fourth-order valence-corrected chi connectivity index (χ4v) is 0.891. The van der Waals surface area contributed by atoms with E-state index in [-0.39, 0.29) is 0 Å². The van der Waals surface area contributed by atoms with Crippen LogP contribution in [0.2, 0.25) is 0 Å². The van der Waals surface area contributed by atoms with Crippen LogP contribution >= 0.6 is 0 Å². The second-order valence-corrected chi connectivity index (χ2v) is 2.26. The van der Waals surface area contributed by atoms with Crippen molar-refractivity contribution in [2.24, 2.45) is 4.99 Å². The van der Waals surface area contributed by atoms with Crippen LogP contribution in [-0.4, -0.2) is 5.71 Å².